The maximum absolute atomic E-state index is 5.43. The SMILES string of the molecule is COCCCNC(=S)Nc1nc(N2CCCC2)cc(N2C[C@@H](C)C[C@H](C)C2)n1. The standard InChI is InChI=1S/C20H34N6OS/c1-15-11-16(2)14-26(13-15)18-12-17(25-8-4-5-9-25)22-19(23-18)24-20(28)21-7-6-10-27-3/h12,15-16H,4-11,13-14H2,1-3H3,(H2,21,22,23,24,28)/t15-,16-/m0/s1. The number of hydrogen-bond donors (Lipinski definition) is 2. The molecular formula is C20H34N6OS. The third kappa shape index (κ3) is 5.91. The Balaban J connectivity index is 1.74. The molecule has 0 bridgehead atoms. The van der Waals surface area contributed by atoms with Gasteiger partial charge in [0.1, 0.15) is 11.6 Å². The van der Waals surface area contributed by atoms with Gasteiger partial charge in [0.15, 0.2) is 5.11 Å². The average molecular weight is 407 g/mol. The van der Waals surface area contributed by atoms with Crippen molar-refractivity contribution in [1.82, 2.24) is 15.3 Å². The van der Waals surface area contributed by atoms with Crippen LogP contribution in [0.5, 0.6) is 0 Å². The Morgan fingerprint density at radius 2 is 1.79 bits per heavy atom. The number of hydrogen-bond acceptors (Lipinski definition) is 6. The lowest BCUT2D eigenvalue weighted by molar-refractivity contribution is 0.196. The predicted molar refractivity (Wildman–Crippen MR) is 119 cm³/mol. The fourth-order valence-electron chi connectivity index (χ4n) is 4.16. The lowest BCUT2D eigenvalue weighted by Gasteiger charge is -2.36. The summed E-state index contributed by atoms with van der Waals surface area (Å²) >= 11 is 5.43. The first-order valence-corrected chi connectivity index (χ1v) is 10.9. The van der Waals surface area contributed by atoms with Gasteiger partial charge in [0.25, 0.3) is 0 Å². The second kappa shape index (κ2) is 10.2. The van der Waals surface area contributed by atoms with E-state index < -0.39 is 0 Å². The van der Waals surface area contributed by atoms with E-state index in [1.54, 1.807) is 7.11 Å². The van der Waals surface area contributed by atoms with E-state index in [9.17, 15) is 0 Å². The summed E-state index contributed by atoms with van der Waals surface area (Å²) in [5.74, 6) is 3.93. The van der Waals surface area contributed by atoms with Crippen molar-refractivity contribution in [2.75, 3.05) is 61.6 Å². The molecular weight excluding hydrogens is 372 g/mol. The van der Waals surface area contributed by atoms with Crippen LogP contribution in [0.4, 0.5) is 17.6 Å². The van der Waals surface area contributed by atoms with Crippen LogP contribution in [-0.4, -0.2) is 61.5 Å². The predicted octanol–water partition coefficient (Wildman–Crippen LogP) is 2.88. The minimum Gasteiger partial charge on any atom is -0.385 e. The van der Waals surface area contributed by atoms with Crippen LogP contribution in [0, 0.1) is 11.8 Å². The van der Waals surface area contributed by atoms with Crippen LogP contribution in [0.1, 0.15) is 39.5 Å². The number of rotatable bonds is 7. The average Bonchev–Trinajstić information content (AvgIpc) is 3.19. The van der Waals surface area contributed by atoms with Crippen LogP contribution in [0.15, 0.2) is 6.07 Å². The Labute approximate surface area is 174 Å². The number of ether oxygens (including phenoxy) is 1. The van der Waals surface area contributed by atoms with E-state index in [0.29, 0.717) is 29.5 Å². The van der Waals surface area contributed by atoms with Crippen molar-refractivity contribution in [3.05, 3.63) is 6.07 Å². The quantitative estimate of drug-likeness (QED) is 0.529. The minimum absolute atomic E-state index is 0.556. The van der Waals surface area contributed by atoms with Crippen molar-refractivity contribution in [3.63, 3.8) is 0 Å². The Morgan fingerprint density at radius 1 is 1.14 bits per heavy atom. The van der Waals surface area contributed by atoms with Crippen molar-refractivity contribution in [1.29, 1.82) is 0 Å². The number of piperidine rings is 1. The summed E-state index contributed by atoms with van der Waals surface area (Å²) < 4.78 is 5.08. The summed E-state index contributed by atoms with van der Waals surface area (Å²) in [6.45, 7) is 10.3. The van der Waals surface area contributed by atoms with Crippen LogP contribution in [0.25, 0.3) is 0 Å². The monoisotopic (exact) mass is 406 g/mol. The second-order valence-electron chi connectivity index (χ2n) is 8.18. The van der Waals surface area contributed by atoms with Crippen LogP contribution in [0.3, 0.4) is 0 Å². The number of nitrogens with one attached hydrogen (secondary N) is 2. The third-order valence-corrected chi connectivity index (χ3v) is 5.60. The zero-order chi connectivity index (χ0) is 19.9. The highest BCUT2D eigenvalue weighted by molar-refractivity contribution is 7.80. The molecule has 0 aliphatic carbocycles. The number of aromatic nitrogens is 2. The molecule has 3 rings (SSSR count). The van der Waals surface area contributed by atoms with E-state index >= 15 is 0 Å². The van der Waals surface area contributed by atoms with Gasteiger partial charge in [-0.15, -0.1) is 0 Å². The van der Waals surface area contributed by atoms with Gasteiger partial charge in [0, 0.05) is 52.5 Å². The lowest BCUT2D eigenvalue weighted by Crippen LogP contribution is -2.39. The first-order valence-electron chi connectivity index (χ1n) is 10.5. The van der Waals surface area contributed by atoms with Crippen LogP contribution >= 0.6 is 12.2 Å². The van der Waals surface area contributed by atoms with Crippen LogP contribution < -0.4 is 20.4 Å². The molecule has 2 saturated heterocycles. The Hall–Kier alpha value is -1.67. The number of anilines is 3. The molecule has 0 unspecified atom stereocenters. The zero-order valence-electron chi connectivity index (χ0n) is 17.4. The molecule has 2 fully saturated rings. The lowest BCUT2D eigenvalue weighted by atomic mass is 9.92. The molecule has 156 valence electrons. The second-order valence-corrected chi connectivity index (χ2v) is 8.59. The summed E-state index contributed by atoms with van der Waals surface area (Å²) in [7, 11) is 1.71. The van der Waals surface area contributed by atoms with E-state index in [2.05, 4.69) is 40.3 Å². The molecule has 28 heavy (non-hydrogen) atoms. The van der Waals surface area contributed by atoms with Crippen LogP contribution in [0.2, 0.25) is 0 Å². The highest BCUT2D eigenvalue weighted by Crippen LogP contribution is 2.29. The topological polar surface area (TPSA) is 65.6 Å². The smallest absolute Gasteiger partial charge is 0.232 e. The molecule has 2 aliphatic rings. The van der Waals surface area contributed by atoms with Crippen molar-refractivity contribution in [3.8, 4) is 0 Å². The van der Waals surface area contributed by atoms with Gasteiger partial charge < -0.3 is 25.2 Å². The molecule has 7 nitrogen and oxygen atoms in total. The summed E-state index contributed by atoms with van der Waals surface area (Å²) in [6, 6.07) is 2.15. The van der Waals surface area contributed by atoms with Gasteiger partial charge in [-0.2, -0.15) is 9.97 Å². The Kier molecular flexibility index (Phi) is 7.67. The molecule has 1 aromatic heterocycles. The summed E-state index contributed by atoms with van der Waals surface area (Å²) in [5.41, 5.74) is 0. The largest absolute Gasteiger partial charge is 0.385 e. The van der Waals surface area contributed by atoms with E-state index in [4.69, 9.17) is 26.9 Å². The molecule has 1 aromatic rings. The van der Waals surface area contributed by atoms with E-state index in [1.807, 2.05) is 0 Å². The maximum atomic E-state index is 5.43. The molecule has 8 heteroatoms. The van der Waals surface area contributed by atoms with E-state index in [0.717, 1.165) is 50.8 Å². The fourth-order valence-corrected chi connectivity index (χ4v) is 4.36. The first-order chi connectivity index (χ1) is 13.5. The van der Waals surface area contributed by atoms with Crippen LogP contribution in [-0.2, 0) is 4.74 Å². The fraction of sp³-hybridized carbons (Fsp3) is 0.750. The van der Waals surface area contributed by atoms with E-state index in [-0.39, 0.29) is 0 Å². The summed E-state index contributed by atoms with van der Waals surface area (Å²) in [6.07, 6.45) is 4.63. The van der Waals surface area contributed by atoms with Gasteiger partial charge >= 0.3 is 0 Å². The van der Waals surface area contributed by atoms with Gasteiger partial charge in [-0.05, 0) is 49.7 Å². The van der Waals surface area contributed by atoms with Crippen molar-refractivity contribution < 1.29 is 4.74 Å². The minimum atomic E-state index is 0.556. The molecule has 2 N–H and O–H groups in total. The molecule has 0 radical (unpaired) electrons. The zero-order valence-corrected chi connectivity index (χ0v) is 18.2. The molecule has 2 atom stereocenters. The third-order valence-electron chi connectivity index (χ3n) is 5.36. The molecule has 0 amide bonds. The van der Waals surface area contributed by atoms with Gasteiger partial charge in [-0.25, -0.2) is 0 Å². The first kappa shape index (κ1) is 21.0. The molecule has 0 aromatic carbocycles. The Morgan fingerprint density at radius 3 is 2.43 bits per heavy atom. The number of thiocarbonyl (C=S) groups is 1. The number of nitrogens with zero attached hydrogens (tertiary/aromatic N) is 4. The Bertz CT molecular complexity index is 642. The van der Waals surface area contributed by atoms with Gasteiger partial charge in [-0.3, -0.25) is 0 Å². The summed E-state index contributed by atoms with van der Waals surface area (Å²) in [4.78, 5) is 14.3. The maximum Gasteiger partial charge on any atom is 0.232 e. The van der Waals surface area contributed by atoms with Crippen molar-refractivity contribution in [2.24, 2.45) is 11.8 Å². The number of methoxy groups -OCH3 is 1. The van der Waals surface area contributed by atoms with E-state index in [1.165, 1.54) is 19.3 Å². The molecule has 2 aliphatic heterocycles. The van der Waals surface area contributed by atoms with Gasteiger partial charge in [0.2, 0.25) is 5.95 Å². The summed E-state index contributed by atoms with van der Waals surface area (Å²) in [5, 5.41) is 6.95. The molecule has 0 saturated carbocycles. The molecule has 0 spiro atoms. The van der Waals surface area contributed by atoms with Gasteiger partial charge in [-0.1, -0.05) is 13.8 Å². The van der Waals surface area contributed by atoms with Crippen molar-refractivity contribution in [2.45, 2.75) is 39.5 Å². The highest BCUT2D eigenvalue weighted by atomic mass is 32.1. The highest BCUT2D eigenvalue weighted by Gasteiger charge is 2.25. The van der Waals surface area contributed by atoms with Crippen molar-refractivity contribution >= 4 is 34.9 Å². The van der Waals surface area contributed by atoms with Gasteiger partial charge in [0.05, 0.1) is 0 Å². The molecule has 3 heterocycles. The normalized spacial score (nSPS) is 22.4.